The van der Waals surface area contributed by atoms with Crippen molar-refractivity contribution in [2.75, 3.05) is 31.1 Å². The number of carbonyl (C=O) groups is 1. The van der Waals surface area contributed by atoms with Crippen LogP contribution >= 0.6 is 11.3 Å². The third-order valence-electron chi connectivity index (χ3n) is 5.23. The summed E-state index contributed by atoms with van der Waals surface area (Å²) in [4.78, 5) is 17.7. The molecule has 6 nitrogen and oxygen atoms in total. The van der Waals surface area contributed by atoms with Crippen LogP contribution in [0.1, 0.15) is 30.0 Å². The quantitative estimate of drug-likeness (QED) is 0.410. The average molecular weight is 449 g/mol. The third-order valence-corrected chi connectivity index (χ3v) is 6.13. The highest BCUT2D eigenvalue weighted by atomic mass is 32.1. The van der Waals surface area contributed by atoms with Crippen LogP contribution in [0.5, 0.6) is 5.75 Å². The molecule has 0 aliphatic carbocycles. The van der Waals surface area contributed by atoms with E-state index in [9.17, 15) is 4.79 Å². The summed E-state index contributed by atoms with van der Waals surface area (Å²) in [7, 11) is 0. The first-order chi connectivity index (χ1) is 15.5. The molecule has 4 rings (SSSR count). The summed E-state index contributed by atoms with van der Waals surface area (Å²) >= 11 is 1.59. The number of aryl methyl sites for hydroxylation is 1. The number of aromatic nitrogens is 2. The Labute approximate surface area is 193 Å². The van der Waals surface area contributed by atoms with Gasteiger partial charge in [0.1, 0.15) is 10.8 Å². The maximum Gasteiger partial charge on any atom is 0.254 e. The van der Waals surface area contributed by atoms with Gasteiger partial charge in [-0.15, -0.1) is 10.2 Å². The summed E-state index contributed by atoms with van der Waals surface area (Å²) in [5.41, 5.74) is 2.59. The topological polar surface area (TPSA) is 58.6 Å². The van der Waals surface area contributed by atoms with Crippen molar-refractivity contribution in [3.63, 3.8) is 0 Å². The van der Waals surface area contributed by atoms with Crippen LogP contribution in [-0.2, 0) is 4.79 Å². The molecule has 2 aromatic carbocycles. The van der Waals surface area contributed by atoms with E-state index in [0.29, 0.717) is 18.7 Å². The number of hydrogen-bond donors (Lipinski definition) is 0. The van der Waals surface area contributed by atoms with E-state index in [-0.39, 0.29) is 12.0 Å². The number of ether oxygens (including phenoxy) is 1. The van der Waals surface area contributed by atoms with Crippen molar-refractivity contribution in [3.8, 4) is 5.75 Å². The molecule has 0 spiro atoms. The Morgan fingerprint density at radius 3 is 2.28 bits per heavy atom. The van der Waals surface area contributed by atoms with E-state index < -0.39 is 0 Å². The number of rotatable bonds is 6. The Bertz CT molecular complexity index is 1070. The fourth-order valence-corrected chi connectivity index (χ4v) is 4.39. The van der Waals surface area contributed by atoms with E-state index in [2.05, 4.69) is 15.1 Å². The lowest BCUT2D eigenvalue weighted by Crippen LogP contribution is -2.49. The molecule has 0 N–H and O–H groups in total. The molecule has 1 saturated heterocycles. The average Bonchev–Trinajstić information content (AvgIpc) is 3.25. The predicted molar refractivity (Wildman–Crippen MR) is 130 cm³/mol. The van der Waals surface area contributed by atoms with Gasteiger partial charge in [-0.25, -0.2) is 0 Å². The lowest BCUT2D eigenvalue weighted by Gasteiger charge is -2.34. The van der Waals surface area contributed by atoms with Gasteiger partial charge in [-0.2, -0.15) is 0 Å². The van der Waals surface area contributed by atoms with Crippen molar-refractivity contribution in [3.05, 3.63) is 70.7 Å². The first-order valence-electron chi connectivity index (χ1n) is 10.9. The molecule has 0 bridgehead atoms. The molecule has 1 aromatic heterocycles. The minimum Gasteiger partial charge on any atom is -0.491 e. The van der Waals surface area contributed by atoms with Crippen molar-refractivity contribution in [2.45, 2.75) is 26.9 Å². The van der Waals surface area contributed by atoms with Gasteiger partial charge in [0.2, 0.25) is 5.13 Å². The third kappa shape index (κ3) is 5.34. The number of nitrogens with zero attached hydrogens (tertiary/aromatic N) is 4. The molecule has 2 heterocycles. The normalized spacial score (nSPS) is 14.7. The van der Waals surface area contributed by atoms with Crippen LogP contribution in [0, 0.1) is 6.92 Å². The summed E-state index contributed by atoms with van der Waals surface area (Å²) in [5, 5.41) is 10.2. The molecule has 1 aliphatic rings. The molecule has 32 heavy (non-hydrogen) atoms. The number of hydrogen-bond acceptors (Lipinski definition) is 6. The Morgan fingerprint density at radius 1 is 1.00 bits per heavy atom. The van der Waals surface area contributed by atoms with Gasteiger partial charge < -0.3 is 14.5 Å². The van der Waals surface area contributed by atoms with Crippen LogP contribution in [0.2, 0.25) is 0 Å². The second-order valence-electron chi connectivity index (χ2n) is 8.04. The molecule has 7 heteroatoms. The number of piperazine rings is 1. The smallest absolute Gasteiger partial charge is 0.254 e. The van der Waals surface area contributed by atoms with Gasteiger partial charge in [-0.3, -0.25) is 4.79 Å². The Balaban J connectivity index is 1.53. The summed E-state index contributed by atoms with van der Waals surface area (Å²) in [5.74, 6) is 0.875. The fourth-order valence-electron chi connectivity index (χ4n) is 3.65. The lowest BCUT2D eigenvalue weighted by molar-refractivity contribution is -0.125. The molecule has 166 valence electrons. The first-order valence-corrected chi connectivity index (χ1v) is 11.7. The highest BCUT2D eigenvalue weighted by molar-refractivity contribution is 7.15. The Kier molecular flexibility index (Phi) is 6.85. The van der Waals surface area contributed by atoms with Crippen molar-refractivity contribution in [1.29, 1.82) is 0 Å². The van der Waals surface area contributed by atoms with Gasteiger partial charge in [0.05, 0.1) is 6.10 Å². The fraction of sp³-hybridized carbons (Fsp3) is 0.320. The second-order valence-corrected chi connectivity index (χ2v) is 9.20. The standard InChI is InChI=1S/C25H28N4O2S/c1-18(2)31-22-11-9-20(10-12-22)17-23(21-7-5-4-6-8-21)24(30)28-13-15-29(16-14-28)25-27-26-19(3)32-25/h4-12,17-18H,13-16H2,1-3H3/b23-17+. The van der Waals surface area contributed by atoms with Gasteiger partial charge in [-0.05, 0) is 50.1 Å². The number of benzene rings is 2. The molecule has 1 amide bonds. The molecule has 0 atom stereocenters. The maximum atomic E-state index is 13.6. The van der Waals surface area contributed by atoms with Crippen LogP contribution in [0.4, 0.5) is 5.13 Å². The summed E-state index contributed by atoms with van der Waals surface area (Å²) in [6.45, 7) is 8.79. The zero-order valence-corrected chi connectivity index (χ0v) is 19.5. The monoisotopic (exact) mass is 448 g/mol. The van der Waals surface area contributed by atoms with E-state index in [4.69, 9.17) is 4.74 Å². The van der Waals surface area contributed by atoms with E-state index in [1.165, 1.54) is 0 Å². The van der Waals surface area contributed by atoms with E-state index in [0.717, 1.165) is 40.1 Å². The first kappa shape index (κ1) is 22.0. The van der Waals surface area contributed by atoms with Gasteiger partial charge in [0.25, 0.3) is 5.91 Å². The number of amides is 1. The highest BCUT2D eigenvalue weighted by Gasteiger charge is 2.25. The summed E-state index contributed by atoms with van der Waals surface area (Å²) in [6, 6.07) is 17.7. The minimum absolute atomic E-state index is 0.0480. The Morgan fingerprint density at radius 2 is 1.69 bits per heavy atom. The largest absolute Gasteiger partial charge is 0.491 e. The zero-order valence-electron chi connectivity index (χ0n) is 18.7. The molecule has 0 radical (unpaired) electrons. The lowest BCUT2D eigenvalue weighted by atomic mass is 10.0. The predicted octanol–water partition coefficient (Wildman–Crippen LogP) is 4.52. The van der Waals surface area contributed by atoms with Crippen LogP contribution in [0.15, 0.2) is 54.6 Å². The van der Waals surface area contributed by atoms with E-state index in [1.54, 1.807) is 11.3 Å². The summed E-state index contributed by atoms with van der Waals surface area (Å²) in [6.07, 6.45) is 2.10. The molecule has 0 saturated carbocycles. The Hall–Kier alpha value is -3.19. The van der Waals surface area contributed by atoms with Gasteiger partial charge in [0, 0.05) is 31.8 Å². The highest BCUT2D eigenvalue weighted by Crippen LogP contribution is 2.25. The number of carbonyl (C=O) groups excluding carboxylic acids is 1. The molecule has 1 aliphatic heterocycles. The molecule has 3 aromatic rings. The molecule has 0 unspecified atom stereocenters. The van der Waals surface area contributed by atoms with Gasteiger partial charge in [-0.1, -0.05) is 53.8 Å². The molecular formula is C25H28N4O2S. The van der Waals surface area contributed by atoms with Gasteiger partial charge in [0.15, 0.2) is 0 Å². The van der Waals surface area contributed by atoms with Crippen LogP contribution in [0.3, 0.4) is 0 Å². The molecular weight excluding hydrogens is 420 g/mol. The second kappa shape index (κ2) is 9.96. The molecule has 1 fully saturated rings. The van der Waals surface area contributed by atoms with E-state index >= 15 is 0 Å². The van der Waals surface area contributed by atoms with Crippen molar-refractivity contribution >= 4 is 34.0 Å². The van der Waals surface area contributed by atoms with Crippen molar-refractivity contribution < 1.29 is 9.53 Å². The van der Waals surface area contributed by atoms with Crippen LogP contribution in [0.25, 0.3) is 11.6 Å². The van der Waals surface area contributed by atoms with Crippen LogP contribution in [-0.4, -0.2) is 53.3 Å². The van der Waals surface area contributed by atoms with Crippen molar-refractivity contribution in [2.24, 2.45) is 0 Å². The maximum absolute atomic E-state index is 13.6. The SMILES string of the molecule is Cc1nnc(N2CCN(C(=O)/C(=C/c3ccc(OC(C)C)cc3)c3ccccc3)CC2)s1. The van der Waals surface area contributed by atoms with E-state index in [1.807, 2.05) is 86.3 Å². The number of anilines is 1. The summed E-state index contributed by atoms with van der Waals surface area (Å²) < 4.78 is 5.74. The van der Waals surface area contributed by atoms with Crippen molar-refractivity contribution in [1.82, 2.24) is 15.1 Å². The van der Waals surface area contributed by atoms with Crippen LogP contribution < -0.4 is 9.64 Å². The van der Waals surface area contributed by atoms with Gasteiger partial charge >= 0.3 is 0 Å². The minimum atomic E-state index is 0.0480. The zero-order chi connectivity index (χ0) is 22.5.